The third-order valence-corrected chi connectivity index (χ3v) is 3.80. The summed E-state index contributed by atoms with van der Waals surface area (Å²) in [5.41, 5.74) is 6.87. The zero-order valence-electron chi connectivity index (χ0n) is 11.5. The molecule has 0 amide bonds. The Kier molecular flexibility index (Phi) is 5.01. The van der Waals surface area contributed by atoms with E-state index in [0.717, 1.165) is 6.42 Å². The second-order valence-electron chi connectivity index (χ2n) is 4.91. The first-order valence-corrected chi connectivity index (χ1v) is 6.40. The fourth-order valence-corrected chi connectivity index (χ4v) is 2.62. The Bertz CT molecular complexity index is 605. The standard InChI is InChI=1S/C12H17N5O2.Ac/c1-3-7-6(2)9(18)12(19-7)17-5-16-8-10(13)14-4-15-11(8)17;/h4-7,9,12,18H,3H2,1-2H3,(H2,13,14,15);. The SMILES string of the molecule is CCC1OC(n2cnc3c(N)ncnc32)C(O)C1C.[Ac]. The number of anilines is 1. The second-order valence-corrected chi connectivity index (χ2v) is 4.91. The van der Waals surface area contributed by atoms with Gasteiger partial charge in [-0.2, -0.15) is 0 Å². The molecule has 3 rings (SSSR count). The molecule has 0 aliphatic carbocycles. The van der Waals surface area contributed by atoms with E-state index >= 15 is 0 Å². The molecule has 3 N–H and O–H groups in total. The minimum absolute atomic E-state index is 0. The van der Waals surface area contributed by atoms with E-state index in [1.165, 1.54) is 6.33 Å². The van der Waals surface area contributed by atoms with Crippen LogP contribution in [0.1, 0.15) is 26.5 Å². The van der Waals surface area contributed by atoms with E-state index in [-0.39, 0.29) is 56.1 Å². The maximum atomic E-state index is 10.3. The summed E-state index contributed by atoms with van der Waals surface area (Å²) in [7, 11) is 0. The number of rotatable bonds is 2. The minimum Gasteiger partial charge on any atom is -0.388 e. The maximum Gasteiger partial charge on any atom is 0.167 e. The number of hydrogen-bond donors (Lipinski definition) is 2. The van der Waals surface area contributed by atoms with E-state index in [4.69, 9.17) is 10.5 Å². The third kappa shape index (κ3) is 2.47. The van der Waals surface area contributed by atoms with Crippen molar-refractivity contribution in [1.29, 1.82) is 0 Å². The van der Waals surface area contributed by atoms with Gasteiger partial charge >= 0.3 is 0 Å². The van der Waals surface area contributed by atoms with Crippen molar-refractivity contribution in [1.82, 2.24) is 19.5 Å². The number of aliphatic hydroxyl groups is 1. The van der Waals surface area contributed by atoms with Crippen molar-refractivity contribution < 1.29 is 53.9 Å². The van der Waals surface area contributed by atoms with Crippen molar-refractivity contribution in [2.45, 2.75) is 38.7 Å². The average molecular weight is 490 g/mol. The van der Waals surface area contributed by atoms with Gasteiger partial charge in [-0.15, -0.1) is 0 Å². The van der Waals surface area contributed by atoms with Crippen molar-refractivity contribution in [2.24, 2.45) is 5.92 Å². The molecule has 7 nitrogen and oxygen atoms in total. The van der Waals surface area contributed by atoms with E-state index in [1.54, 1.807) is 10.9 Å². The van der Waals surface area contributed by atoms with Crippen LogP contribution in [-0.4, -0.2) is 36.8 Å². The van der Waals surface area contributed by atoms with Crippen LogP contribution in [0.15, 0.2) is 12.7 Å². The van der Waals surface area contributed by atoms with E-state index in [1.807, 2.05) is 13.8 Å². The molecule has 1 radical (unpaired) electrons. The number of nitrogen functional groups attached to an aromatic ring is 1. The molecular weight excluding hydrogens is 473 g/mol. The number of aromatic nitrogens is 4. The molecule has 1 aliphatic rings. The zero-order chi connectivity index (χ0) is 13.6. The quantitative estimate of drug-likeness (QED) is 0.644. The van der Waals surface area contributed by atoms with Gasteiger partial charge in [0.2, 0.25) is 0 Å². The summed E-state index contributed by atoms with van der Waals surface area (Å²) in [6.07, 6.45) is 2.82. The number of hydrogen-bond acceptors (Lipinski definition) is 6. The van der Waals surface area contributed by atoms with Crippen LogP contribution in [0.25, 0.3) is 11.2 Å². The van der Waals surface area contributed by atoms with Gasteiger partial charge in [0.15, 0.2) is 17.7 Å². The molecule has 1 saturated heterocycles. The summed E-state index contributed by atoms with van der Waals surface area (Å²) in [6.45, 7) is 4.03. The summed E-state index contributed by atoms with van der Waals surface area (Å²) in [5.74, 6) is 0.406. The molecule has 105 valence electrons. The Morgan fingerprint density at radius 3 is 2.80 bits per heavy atom. The largest absolute Gasteiger partial charge is 0.388 e. The number of nitrogens with zero attached hydrogens (tertiary/aromatic N) is 4. The molecule has 1 fully saturated rings. The van der Waals surface area contributed by atoms with Gasteiger partial charge in [-0.05, 0) is 6.42 Å². The van der Waals surface area contributed by atoms with Crippen molar-refractivity contribution >= 4 is 17.0 Å². The van der Waals surface area contributed by atoms with Crippen LogP contribution in [0.3, 0.4) is 0 Å². The topological polar surface area (TPSA) is 99.1 Å². The van der Waals surface area contributed by atoms with Gasteiger partial charge in [0.05, 0.1) is 12.4 Å². The monoisotopic (exact) mass is 490 g/mol. The Morgan fingerprint density at radius 1 is 1.40 bits per heavy atom. The molecule has 2 aromatic heterocycles. The molecule has 1 aliphatic heterocycles. The summed E-state index contributed by atoms with van der Waals surface area (Å²) < 4.78 is 7.63. The number of fused-ring (bicyclic) bond motifs is 1. The van der Waals surface area contributed by atoms with Crippen LogP contribution in [0, 0.1) is 50.0 Å². The van der Waals surface area contributed by atoms with Crippen molar-refractivity contribution in [3.8, 4) is 0 Å². The number of imidazole rings is 1. The maximum absolute atomic E-state index is 10.3. The van der Waals surface area contributed by atoms with Crippen molar-refractivity contribution in [2.75, 3.05) is 5.73 Å². The van der Waals surface area contributed by atoms with Crippen molar-refractivity contribution in [3.05, 3.63) is 12.7 Å². The molecule has 20 heavy (non-hydrogen) atoms. The Morgan fingerprint density at radius 2 is 2.15 bits per heavy atom. The van der Waals surface area contributed by atoms with Gasteiger partial charge in [0, 0.05) is 50.0 Å². The normalized spacial score (nSPS) is 29.6. The first-order valence-electron chi connectivity index (χ1n) is 6.40. The fourth-order valence-electron chi connectivity index (χ4n) is 2.62. The average Bonchev–Trinajstić information content (AvgIpc) is 2.94. The summed E-state index contributed by atoms with van der Waals surface area (Å²) in [5, 5.41) is 10.3. The third-order valence-electron chi connectivity index (χ3n) is 3.80. The van der Waals surface area contributed by atoms with E-state index < -0.39 is 12.3 Å². The van der Waals surface area contributed by atoms with Crippen LogP contribution in [0.5, 0.6) is 0 Å². The van der Waals surface area contributed by atoms with Gasteiger partial charge in [-0.25, -0.2) is 15.0 Å². The molecule has 4 unspecified atom stereocenters. The number of aliphatic hydroxyl groups excluding tert-OH is 1. The van der Waals surface area contributed by atoms with Crippen molar-refractivity contribution in [3.63, 3.8) is 0 Å². The van der Waals surface area contributed by atoms with E-state index in [0.29, 0.717) is 17.0 Å². The molecule has 0 spiro atoms. The number of nitrogens with two attached hydrogens (primary N) is 1. The second kappa shape index (κ2) is 6.22. The van der Waals surface area contributed by atoms with Gasteiger partial charge in [0.1, 0.15) is 17.9 Å². The number of ether oxygens (including phenoxy) is 1. The fraction of sp³-hybridized carbons (Fsp3) is 0.583. The predicted octanol–water partition coefficient (Wildman–Crippen LogP) is 0.713. The molecule has 0 saturated carbocycles. The van der Waals surface area contributed by atoms with Gasteiger partial charge in [-0.3, -0.25) is 4.57 Å². The molecule has 0 bridgehead atoms. The van der Waals surface area contributed by atoms with E-state index in [2.05, 4.69) is 15.0 Å². The summed E-state index contributed by atoms with van der Waals surface area (Å²) in [4.78, 5) is 12.3. The van der Waals surface area contributed by atoms with Crippen LogP contribution in [-0.2, 0) is 4.74 Å². The van der Waals surface area contributed by atoms with Gasteiger partial charge < -0.3 is 15.6 Å². The molecule has 3 heterocycles. The Hall–Kier alpha value is -0.288. The van der Waals surface area contributed by atoms with Gasteiger partial charge in [0.25, 0.3) is 0 Å². The molecular formula is C12H17AcN5O2. The van der Waals surface area contributed by atoms with E-state index in [9.17, 15) is 5.11 Å². The van der Waals surface area contributed by atoms with Crippen LogP contribution in [0.4, 0.5) is 5.82 Å². The van der Waals surface area contributed by atoms with Crippen LogP contribution in [0.2, 0.25) is 0 Å². The van der Waals surface area contributed by atoms with Crippen LogP contribution >= 0.6 is 0 Å². The minimum atomic E-state index is -0.585. The molecule has 2 aromatic rings. The first kappa shape index (κ1) is 16.1. The Labute approximate surface area is 152 Å². The first-order chi connectivity index (χ1) is 9.13. The molecule has 0 aromatic carbocycles. The van der Waals surface area contributed by atoms with Crippen LogP contribution < -0.4 is 5.73 Å². The smallest absolute Gasteiger partial charge is 0.167 e. The van der Waals surface area contributed by atoms with Gasteiger partial charge in [-0.1, -0.05) is 13.8 Å². The summed E-state index contributed by atoms with van der Waals surface area (Å²) >= 11 is 0. The zero-order valence-corrected chi connectivity index (χ0v) is 16.2. The predicted molar refractivity (Wildman–Crippen MR) is 69.1 cm³/mol. The Balaban J connectivity index is 0.00000147. The molecule has 8 heteroatoms. The molecule has 4 atom stereocenters. The summed E-state index contributed by atoms with van der Waals surface area (Å²) in [6, 6.07) is 0.